The van der Waals surface area contributed by atoms with Gasteiger partial charge in [0.25, 0.3) is 0 Å². The Morgan fingerprint density at radius 1 is 1.26 bits per heavy atom. The average molecular weight is 394 g/mol. The SMILES string of the molecule is COC(=O)[C@H](CS)NC(=O)[C@@H]1Cc2ccccc2CN1C(=O)OC(C)(C)C. The first-order valence-corrected chi connectivity index (χ1v) is 9.35. The highest BCUT2D eigenvalue weighted by Crippen LogP contribution is 2.25. The highest BCUT2D eigenvalue weighted by atomic mass is 32.1. The first-order chi connectivity index (χ1) is 12.7. The van der Waals surface area contributed by atoms with Gasteiger partial charge in [-0.1, -0.05) is 24.3 Å². The molecule has 0 saturated heterocycles. The van der Waals surface area contributed by atoms with Gasteiger partial charge in [0.15, 0.2) is 0 Å². The number of benzene rings is 1. The van der Waals surface area contributed by atoms with Crippen molar-refractivity contribution in [1.29, 1.82) is 0 Å². The molecule has 0 aromatic heterocycles. The first-order valence-electron chi connectivity index (χ1n) is 8.71. The summed E-state index contributed by atoms with van der Waals surface area (Å²) in [6.07, 6.45) is -0.237. The van der Waals surface area contributed by atoms with Gasteiger partial charge in [-0.05, 0) is 31.9 Å². The monoisotopic (exact) mass is 394 g/mol. The van der Waals surface area contributed by atoms with Crippen LogP contribution in [-0.4, -0.2) is 53.4 Å². The van der Waals surface area contributed by atoms with E-state index in [-0.39, 0.29) is 12.3 Å². The maximum atomic E-state index is 12.9. The quantitative estimate of drug-likeness (QED) is 0.602. The van der Waals surface area contributed by atoms with Crippen LogP contribution in [0.1, 0.15) is 31.9 Å². The number of methoxy groups -OCH3 is 1. The molecule has 0 aliphatic carbocycles. The molecule has 1 aliphatic rings. The fourth-order valence-corrected chi connectivity index (χ4v) is 3.10. The zero-order chi connectivity index (χ0) is 20.2. The minimum absolute atomic E-state index is 0.0914. The molecule has 2 atom stereocenters. The number of thiol groups is 1. The number of carbonyl (C=O) groups is 3. The minimum atomic E-state index is -0.886. The van der Waals surface area contributed by atoms with Gasteiger partial charge in [-0.25, -0.2) is 9.59 Å². The lowest BCUT2D eigenvalue weighted by Gasteiger charge is -2.37. The molecule has 0 bridgehead atoms. The third kappa shape index (κ3) is 5.38. The lowest BCUT2D eigenvalue weighted by molar-refractivity contribution is -0.145. The Bertz CT molecular complexity index is 716. The molecule has 0 saturated carbocycles. The van der Waals surface area contributed by atoms with Gasteiger partial charge in [0.1, 0.15) is 17.7 Å². The van der Waals surface area contributed by atoms with E-state index in [1.807, 2.05) is 24.3 Å². The molecule has 1 aromatic rings. The van der Waals surface area contributed by atoms with Crippen LogP contribution in [0.2, 0.25) is 0 Å². The molecule has 2 amide bonds. The summed E-state index contributed by atoms with van der Waals surface area (Å²) in [5, 5.41) is 2.63. The Morgan fingerprint density at radius 3 is 2.44 bits per heavy atom. The smallest absolute Gasteiger partial charge is 0.411 e. The van der Waals surface area contributed by atoms with E-state index in [2.05, 4.69) is 22.7 Å². The van der Waals surface area contributed by atoms with Gasteiger partial charge in [-0.15, -0.1) is 0 Å². The van der Waals surface area contributed by atoms with Crippen LogP contribution in [0.5, 0.6) is 0 Å². The van der Waals surface area contributed by atoms with Crippen LogP contribution in [0, 0.1) is 0 Å². The van der Waals surface area contributed by atoms with Gasteiger partial charge in [0, 0.05) is 12.2 Å². The van der Waals surface area contributed by atoms with Crippen molar-refractivity contribution in [3.63, 3.8) is 0 Å². The number of nitrogens with one attached hydrogen (secondary N) is 1. The number of hydrogen-bond acceptors (Lipinski definition) is 6. The molecule has 2 rings (SSSR count). The van der Waals surface area contributed by atoms with Crippen LogP contribution in [0.3, 0.4) is 0 Å². The predicted molar refractivity (Wildman–Crippen MR) is 104 cm³/mol. The fourth-order valence-electron chi connectivity index (χ4n) is 2.86. The van der Waals surface area contributed by atoms with Crippen molar-refractivity contribution in [2.45, 2.75) is 51.4 Å². The summed E-state index contributed by atoms with van der Waals surface area (Å²) in [5.74, 6) is -0.938. The van der Waals surface area contributed by atoms with E-state index < -0.39 is 35.7 Å². The van der Waals surface area contributed by atoms with E-state index in [1.165, 1.54) is 12.0 Å². The van der Waals surface area contributed by atoms with Crippen molar-refractivity contribution in [3.05, 3.63) is 35.4 Å². The molecule has 7 nitrogen and oxygen atoms in total. The van der Waals surface area contributed by atoms with Gasteiger partial charge in [0.2, 0.25) is 5.91 Å². The van der Waals surface area contributed by atoms with E-state index in [1.54, 1.807) is 20.8 Å². The molecule has 1 aliphatic heterocycles. The molecular formula is C19H26N2O5S. The average Bonchev–Trinajstić information content (AvgIpc) is 2.62. The molecule has 1 aromatic carbocycles. The predicted octanol–water partition coefficient (Wildman–Crippen LogP) is 1.94. The van der Waals surface area contributed by atoms with Crippen molar-refractivity contribution in [2.75, 3.05) is 12.9 Å². The third-order valence-electron chi connectivity index (χ3n) is 4.16. The number of carbonyl (C=O) groups excluding carboxylic acids is 3. The van der Waals surface area contributed by atoms with Crippen LogP contribution >= 0.6 is 12.6 Å². The third-order valence-corrected chi connectivity index (χ3v) is 4.53. The zero-order valence-electron chi connectivity index (χ0n) is 16.0. The summed E-state index contributed by atoms with van der Waals surface area (Å²) < 4.78 is 10.2. The number of hydrogen-bond donors (Lipinski definition) is 2. The number of rotatable bonds is 4. The molecule has 148 valence electrons. The second kappa shape index (κ2) is 8.65. The Morgan fingerprint density at radius 2 is 1.89 bits per heavy atom. The van der Waals surface area contributed by atoms with Gasteiger partial charge in [-0.2, -0.15) is 12.6 Å². The molecule has 27 heavy (non-hydrogen) atoms. The van der Waals surface area contributed by atoms with Crippen LogP contribution < -0.4 is 5.32 Å². The van der Waals surface area contributed by atoms with Gasteiger partial charge < -0.3 is 14.8 Å². The van der Waals surface area contributed by atoms with Crippen LogP contribution in [0.25, 0.3) is 0 Å². The maximum absolute atomic E-state index is 12.9. The second-order valence-corrected chi connectivity index (χ2v) is 7.73. The van der Waals surface area contributed by atoms with Crippen molar-refractivity contribution in [2.24, 2.45) is 0 Å². The molecule has 1 heterocycles. The van der Waals surface area contributed by atoms with Crippen molar-refractivity contribution in [1.82, 2.24) is 10.2 Å². The summed E-state index contributed by atoms with van der Waals surface area (Å²) in [7, 11) is 1.24. The van der Waals surface area contributed by atoms with E-state index in [0.29, 0.717) is 6.42 Å². The van der Waals surface area contributed by atoms with Crippen LogP contribution in [0.4, 0.5) is 4.79 Å². The maximum Gasteiger partial charge on any atom is 0.411 e. The van der Waals surface area contributed by atoms with E-state index in [4.69, 9.17) is 4.74 Å². The van der Waals surface area contributed by atoms with Crippen molar-refractivity contribution in [3.8, 4) is 0 Å². The normalized spacial score (nSPS) is 17.5. The topological polar surface area (TPSA) is 84.9 Å². The highest BCUT2D eigenvalue weighted by molar-refractivity contribution is 7.80. The summed E-state index contributed by atoms with van der Waals surface area (Å²) in [4.78, 5) is 38.7. The Kier molecular flexibility index (Phi) is 6.75. The standard InChI is InChI=1S/C19H26N2O5S/c1-19(2,3)26-18(24)21-10-13-8-6-5-7-12(13)9-15(21)16(22)20-14(11-27)17(23)25-4/h5-8,14-15,27H,9-11H2,1-4H3,(H,20,22)/t14-,15-/m0/s1. The number of nitrogens with zero attached hydrogens (tertiary/aromatic N) is 1. The number of ether oxygens (including phenoxy) is 2. The van der Waals surface area contributed by atoms with Crippen molar-refractivity contribution >= 4 is 30.6 Å². The summed E-state index contributed by atoms with van der Waals surface area (Å²) in [5.41, 5.74) is 1.26. The van der Waals surface area contributed by atoms with Crippen LogP contribution in [-0.2, 0) is 32.0 Å². The molecular weight excluding hydrogens is 368 g/mol. The summed E-state index contributed by atoms with van der Waals surface area (Å²) >= 11 is 4.09. The largest absolute Gasteiger partial charge is 0.467 e. The molecule has 0 spiro atoms. The van der Waals surface area contributed by atoms with E-state index >= 15 is 0 Å². The second-order valence-electron chi connectivity index (χ2n) is 7.36. The first kappa shape index (κ1) is 21.1. The number of esters is 1. The highest BCUT2D eigenvalue weighted by Gasteiger charge is 2.38. The molecule has 1 N–H and O–H groups in total. The fraction of sp³-hybridized carbons (Fsp3) is 0.526. The molecule has 0 radical (unpaired) electrons. The van der Waals surface area contributed by atoms with E-state index in [0.717, 1.165) is 11.1 Å². The van der Waals surface area contributed by atoms with Crippen LogP contribution in [0.15, 0.2) is 24.3 Å². The summed E-state index contributed by atoms with van der Waals surface area (Å²) in [6, 6.07) is 5.96. The lowest BCUT2D eigenvalue weighted by Crippen LogP contribution is -2.56. The Hall–Kier alpha value is -2.22. The molecule has 8 heteroatoms. The lowest BCUT2D eigenvalue weighted by atomic mass is 9.93. The van der Waals surface area contributed by atoms with E-state index in [9.17, 15) is 14.4 Å². The van der Waals surface area contributed by atoms with Gasteiger partial charge in [-0.3, -0.25) is 9.69 Å². The Labute approximate surface area is 164 Å². The van der Waals surface area contributed by atoms with Gasteiger partial charge >= 0.3 is 12.1 Å². The van der Waals surface area contributed by atoms with Gasteiger partial charge in [0.05, 0.1) is 13.7 Å². The number of amides is 2. The zero-order valence-corrected chi connectivity index (χ0v) is 16.9. The minimum Gasteiger partial charge on any atom is -0.467 e. The summed E-state index contributed by atoms with van der Waals surface area (Å²) in [6.45, 7) is 5.57. The molecule has 0 fully saturated rings. The van der Waals surface area contributed by atoms with Crippen molar-refractivity contribution < 1.29 is 23.9 Å². The Balaban J connectivity index is 2.27. The number of fused-ring (bicyclic) bond motifs is 1. The molecule has 0 unspecified atom stereocenters.